The zero-order valence-electron chi connectivity index (χ0n) is 5.85. The molecule has 0 amide bonds. The van der Waals surface area contributed by atoms with E-state index in [0.29, 0.717) is 0 Å². The quantitative estimate of drug-likeness (QED) is 0.442. The van der Waals surface area contributed by atoms with Crippen molar-refractivity contribution in [2.45, 2.75) is 12.6 Å². The minimum atomic E-state index is -4.94. The summed E-state index contributed by atoms with van der Waals surface area (Å²) in [7, 11) is 0. The molecule has 0 aliphatic carbocycles. The molecular formula is C6H5F3O3. The molecule has 0 radical (unpaired) electrons. The summed E-state index contributed by atoms with van der Waals surface area (Å²) in [6.07, 6.45) is -5.11. The SMILES string of the molecule is O=C1OCC[C@@H]1C(=O)C(F)(F)F. The van der Waals surface area contributed by atoms with E-state index in [9.17, 15) is 22.8 Å². The van der Waals surface area contributed by atoms with Gasteiger partial charge in [0.2, 0.25) is 0 Å². The molecule has 0 saturated carbocycles. The number of carbonyl (C=O) groups is 2. The lowest BCUT2D eigenvalue weighted by atomic mass is 10.0. The number of cyclic esters (lactones) is 1. The number of halogens is 3. The van der Waals surface area contributed by atoms with Crippen molar-refractivity contribution in [2.24, 2.45) is 5.92 Å². The van der Waals surface area contributed by atoms with Crippen LogP contribution in [0.1, 0.15) is 6.42 Å². The van der Waals surface area contributed by atoms with Crippen LogP contribution in [0.4, 0.5) is 13.2 Å². The molecule has 68 valence electrons. The van der Waals surface area contributed by atoms with Crippen LogP contribution in [-0.2, 0) is 14.3 Å². The summed E-state index contributed by atoms with van der Waals surface area (Å²) in [6.45, 7) is -0.106. The van der Waals surface area contributed by atoms with Crippen LogP contribution < -0.4 is 0 Å². The summed E-state index contributed by atoms with van der Waals surface area (Å²) in [4.78, 5) is 21.0. The first kappa shape index (κ1) is 9.02. The Bertz CT molecular complexity index is 221. The topological polar surface area (TPSA) is 43.4 Å². The van der Waals surface area contributed by atoms with Crippen LogP contribution in [-0.4, -0.2) is 24.5 Å². The molecule has 0 N–H and O–H groups in total. The van der Waals surface area contributed by atoms with Gasteiger partial charge in [0.15, 0.2) is 0 Å². The Kier molecular flexibility index (Phi) is 2.08. The van der Waals surface area contributed by atoms with Crippen molar-refractivity contribution in [1.29, 1.82) is 0 Å². The largest absolute Gasteiger partial charge is 0.465 e. The second-order valence-corrected chi connectivity index (χ2v) is 2.37. The standard InChI is InChI=1S/C6H5F3O3/c7-6(8,9)4(10)3-1-2-12-5(3)11/h3H,1-2H2/t3-/m1/s1. The van der Waals surface area contributed by atoms with E-state index in [0.717, 1.165) is 0 Å². The first-order chi connectivity index (χ1) is 5.43. The highest BCUT2D eigenvalue weighted by Crippen LogP contribution is 2.26. The maximum absolute atomic E-state index is 11.7. The van der Waals surface area contributed by atoms with Gasteiger partial charge in [-0.1, -0.05) is 0 Å². The summed E-state index contributed by atoms with van der Waals surface area (Å²) in [5.74, 6) is -4.72. The van der Waals surface area contributed by atoms with Crippen LogP contribution in [0, 0.1) is 5.92 Å². The summed E-state index contributed by atoms with van der Waals surface area (Å²) in [6, 6.07) is 0. The van der Waals surface area contributed by atoms with Crippen LogP contribution in [0.15, 0.2) is 0 Å². The summed E-state index contributed by atoms with van der Waals surface area (Å²) >= 11 is 0. The lowest BCUT2D eigenvalue weighted by Crippen LogP contribution is -2.32. The Morgan fingerprint density at radius 1 is 1.50 bits per heavy atom. The van der Waals surface area contributed by atoms with Crippen molar-refractivity contribution in [3.63, 3.8) is 0 Å². The highest BCUT2D eigenvalue weighted by atomic mass is 19.4. The molecule has 0 aromatic heterocycles. The Hall–Kier alpha value is -1.07. The van der Waals surface area contributed by atoms with Gasteiger partial charge in [-0.2, -0.15) is 13.2 Å². The Labute approximate surface area is 65.5 Å². The highest BCUT2D eigenvalue weighted by Gasteiger charge is 2.48. The average molecular weight is 182 g/mol. The predicted molar refractivity (Wildman–Crippen MR) is 30.1 cm³/mol. The van der Waals surface area contributed by atoms with Crippen molar-refractivity contribution >= 4 is 11.8 Å². The minimum Gasteiger partial charge on any atom is -0.465 e. The molecule has 1 saturated heterocycles. The van der Waals surface area contributed by atoms with E-state index in [1.54, 1.807) is 0 Å². The van der Waals surface area contributed by atoms with Gasteiger partial charge in [0.25, 0.3) is 5.78 Å². The van der Waals surface area contributed by atoms with Crippen LogP contribution in [0.25, 0.3) is 0 Å². The first-order valence-electron chi connectivity index (χ1n) is 3.20. The maximum Gasteiger partial charge on any atom is 0.450 e. The van der Waals surface area contributed by atoms with E-state index in [-0.39, 0.29) is 13.0 Å². The van der Waals surface area contributed by atoms with Gasteiger partial charge in [0.05, 0.1) is 6.61 Å². The van der Waals surface area contributed by atoms with Crippen LogP contribution in [0.2, 0.25) is 0 Å². The van der Waals surface area contributed by atoms with Crippen LogP contribution >= 0.6 is 0 Å². The maximum atomic E-state index is 11.7. The first-order valence-corrected chi connectivity index (χ1v) is 3.20. The Balaban J connectivity index is 2.71. The lowest BCUT2D eigenvalue weighted by Gasteiger charge is -2.06. The zero-order valence-corrected chi connectivity index (χ0v) is 5.85. The zero-order chi connectivity index (χ0) is 9.35. The number of ketones is 1. The molecule has 1 aliphatic heterocycles. The van der Waals surface area contributed by atoms with Crippen LogP contribution in [0.3, 0.4) is 0 Å². The van der Waals surface area contributed by atoms with E-state index in [1.165, 1.54) is 0 Å². The molecule has 1 fully saturated rings. The number of Topliss-reactive ketones (excluding diaryl/α,β-unsaturated/α-hetero) is 1. The van der Waals surface area contributed by atoms with E-state index >= 15 is 0 Å². The lowest BCUT2D eigenvalue weighted by molar-refractivity contribution is -0.177. The summed E-state index contributed by atoms with van der Waals surface area (Å²) < 4.78 is 39.4. The number of hydrogen-bond acceptors (Lipinski definition) is 3. The van der Waals surface area contributed by atoms with Crippen molar-refractivity contribution < 1.29 is 27.5 Å². The molecule has 6 heteroatoms. The fraction of sp³-hybridized carbons (Fsp3) is 0.667. The van der Waals surface area contributed by atoms with E-state index in [4.69, 9.17) is 0 Å². The van der Waals surface area contributed by atoms with Gasteiger partial charge in [-0.05, 0) is 0 Å². The molecule has 3 nitrogen and oxygen atoms in total. The molecular weight excluding hydrogens is 177 g/mol. The average Bonchev–Trinajstić information content (AvgIpc) is 2.31. The van der Waals surface area contributed by atoms with Gasteiger partial charge < -0.3 is 4.74 Å². The van der Waals surface area contributed by atoms with Gasteiger partial charge >= 0.3 is 12.1 Å². The second kappa shape index (κ2) is 2.76. The van der Waals surface area contributed by atoms with Crippen molar-refractivity contribution in [2.75, 3.05) is 6.61 Å². The minimum absolute atomic E-state index is 0.106. The number of rotatable bonds is 1. The molecule has 1 aliphatic rings. The fourth-order valence-corrected chi connectivity index (χ4v) is 0.932. The third-order valence-corrected chi connectivity index (χ3v) is 1.53. The molecule has 0 spiro atoms. The predicted octanol–water partition coefficient (Wildman–Crippen LogP) is 0.681. The van der Waals surface area contributed by atoms with Crippen molar-refractivity contribution in [3.05, 3.63) is 0 Å². The van der Waals surface area contributed by atoms with Crippen LogP contribution in [0.5, 0.6) is 0 Å². The Morgan fingerprint density at radius 3 is 2.42 bits per heavy atom. The smallest absolute Gasteiger partial charge is 0.450 e. The summed E-state index contributed by atoms with van der Waals surface area (Å²) in [5.41, 5.74) is 0. The molecule has 1 rings (SSSR count). The third kappa shape index (κ3) is 1.57. The molecule has 1 heterocycles. The van der Waals surface area contributed by atoms with E-state index < -0.39 is 23.8 Å². The van der Waals surface area contributed by atoms with Gasteiger partial charge in [-0.25, -0.2) is 0 Å². The number of carbonyl (C=O) groups excluding carboxylic acids is 2. The highest BCUT2D eigenvalue weighted by molar-refractivity contribution is 6.02. The van der Waals surface area contributed by atoms with Gasteiger partial charge in [0, 0.05) is 6.42 Å². The third-order valence-electron chi connectivity index (χ3n) is 1.53. The number of ether oxygens (including phenoxy) is 1. The Morgan fingerprint density at radius 2 is 2.08 bits per heavy atom. The number of hydrogen-bond donors (Lipinski definition) is 0. The van der Waals surface area contributed by atoms with Gasteiger partial charge in [0.1, 0.15) is 5.92 Å². The molecule has 0 aromatic carbocycles. The second-order valence-electron chi connectivity index (χ2n) is 2.37. The fourth-order valence-electron chi connectivity index (χ4n) is 0.932. The van der Waals surface area contributed by atoms with Crippen molar-refractivity contribution in [1.82, 2.24) is 0 Å². The number of alkyl halides is 3. The molecule has 12 heavy (non-hydrogen) atoms. The molecule has 0 unspecified atom stereocenters. The monoisotopic (exact) mass is 182 g/mol. The normalized spacial score (nSPS) is 23.9. The van der Waals surface area contributed by atoms with E-state index in [2.05, 4.69) is 4.74 Å². The molecule has 0 aromatic rings. The summed E-state index contributed by atoms with van der Waals surface area (Å²) in [5, 5.41) is 0. The van der Waals surface area contributed by atoms with Crippen molar-refractivity contribution in [3.8, 4) is 0 Å². The van der Waals surface area contributed by atoms with E-state index in [1.807, 2.05) is 0 Å². The number of esters is 1. The van der Waals surface area contributed by atoms with Gasteiger partial charge in [-0.15, -0.1) is 0 Å². The molecule has 1 atom stereocenters. The van der Waals surface area contributed by atoms with Gasteiger partial charge in [-0.3, -0.25) is 9.59 Å². The molecule has 0 bridgehead atoms.